The summed E-state index contributed by atoms with van der Waals surface area (Å²) in [6, 6.07) is 0. The Bertz CT molecular complexity index is 175. The van der Waals surface area contributed by atoms with Gasteiger partial charge in [-0.3, -0.25) is 5.43 Å². The van der Waals surface area contributed by atoms with E-state index in [2.05, 4.69) is 21.8 Å². The highest BCUT2D eigenvalue weighted by atomic mass is 16.5. The zero-order valence-electron chi connectivity index (χ0n) is 6.76. The van der Waals surface area contributed by atoms with E-state index in [0.29, 0.717) is 6.61 Å². The Morgan fingerprint density at radius 1 is 1.82 bits per heavy atom. The molecule has 0 saturated heterocycles. The van der Waals surface area contributed by atoms with Gasteiger partial charge in [-0.25, -0.2) is 4.79 Å². The van der Waals surface area contributed by atoms with Crippen LogP contribution in [0.15, 0.2) is 17.9 Å². The monoisotopic (exact) mass is 156 g/mol. The molecule has 0 aromatic carbocycles. The van der Waals surface area contributed by atoms with Crippen LogP contribution < -0.4 is 5.43 Å². The van der Waals surface area contributed by atoms with E-state index in [4.69, 9.17) is 0 Å². The summed E-state index contributed by atoms with van der Waals surface area (Å²) in [5.41, 5.74) is 2.72. The van der Waals surface area contributed by atoms with Gasteiger partial charge in [-0.2, -0.15) is 5.10 Å². The molecular formula is C7H12N2O2. The van der Waals surface area contributed by atoms with Crippen LogP contribution in [0.1, 0.15) is 13.8 Å². The van der Waals surface area contributed by atoms with Gasteiger partial charge >= 0.3 is 5.97 Å². The summed E-state index contributed by atoms with van der Waals surface area (Å²) in [6.45, 7) is 7.03. The van der Waals surface area contributed by atoms with Crippen LogP contribution in [0.2, 0.25) is 0 Å². The quantitative estimate of drug-likeness (QED) is 0.369. The maximum atomic E-state index is 10.8. The number of hydrogen-bond acceptors (Lipinski definition) is 4. The Morgan fingerprint density at radius 3 is 2.91 bits per heavy atom. The first-order valence-corrected chi connectivity index (χ1v) is 3.30. The molecule has 0 fully saturated rings. The molecule has 4 heteroatoms. The van der Waals surface area contributed by atoms with Crippen LogP contribution in [0.4, 0.5) is 0 Å². The lowest BCUT2D eigenvalue weighted by molar-refractivity contribution is -0.135. The summed E-state index contributed by atoms with van der Waals surface area (Å²) in [7, 11) is 0. The number of carbonyl (C=O) groups is 1. The van der Waals surface area contributed by atoms with E-state index >= 15 is 0 Å². The summed E-state index contributed by atoms with van der Waals surface area (Å²) in [4.78, 5) is 10.8. The van der Waals surface area contributed by atoms with Crippen molar-refractivity contribution in [3.05, 3.63) is 12.8 Å². The summed E-state index contributed by atoms with van der Waals surface area (Å²) < 4.78 is 4.66. The zero-order chi connectivity index (χ0) is 8.69. The number of rotatable bonds is 4. The largest absolute Gasteiger partial charge is 0.461 e. The Labute approximate surface area is 65.9 Å². The van der Waals surface area contributed by atoms with Crippen LogP contribution in [0.5, 0.6) is 0 Å². The van der Waals surface area contributed by atoms with Gasteiger partial charge < -0.3 is 4.74 Å². The maximum Gasteiger partial charge on any atom is 0.354 e. The average Bonchev–Trinajstić information content (AvgIpc) is 2.00. The Kier molecular flexibility index (Phi) is 4.81. The van der Waals surface area contributed by atoms with Crippen molar-refractivity contribution in [2.24, 2.45) is 5.10 Å². The molecule has 0 amide bonds. The van der Waals surface area contributed by atoms with Crippen molar-refractivity contribution < 1.29 is 9.53 Å². The molecule has 0 radical (unpaired) electrons. The van der Waals surface area contributed by atoms with Gasteiger partial charge in [-0.1, -0.05) is 6.58 Å². The third-order valence-electron chi connectivity index (χ3n) is 0.894. The molecule has 0 aliphatic heterocycles. The van der Waals surface area contributed by atoms with Crippen LogP contribution in [-0.4, -0.2) is 18.3 Å². The zero-order valence-corrected chi connectivity index (χ0v) is 6.76. The van der Waals surface area contributed by atoms with Crippen molar-refractivity contribution in [2.45, 2.75) is 13.8 Å². The molecule has 0 spiro atoms. The van der Waals surface area contributed by atoms with Crippen LogP contribution in [0, 0.1) is 0 Å². The topological polar surface area (TPSA) is 50.7 Å². The third-order valence-corrected chi connectivity index (χ3v) is 0.894. The predicted molar refractivity (Wildman–Crippen MR) is 43.1 cm³/mol. The molecule has 4 nitrogen and oxygen atoms in total. The van der Waals surface area contributed by atoms with Crippen molar-refractivity contribution in [3.8, 4) is 0 Å². The second-order valence-corrected chi connectivity index (χ2v) is 1.75. The third kappa shape index (κ3) is 4.13. The summed E-state index contributed by atoms with van der Waals surface area (Å²) in [6.07, 6.45) is 1.38. The SMILES string of the molecule is C=CN/N=C(\C)C(=O)OCC. The summed E-state index contributed by atoms with van der Waals surface area (Å²) in [5.74, 6) is -0.415. The number of carbonyl (C=O) groups excluding carboxylic acids is 1. The lowest BCUT2D eigenvalue weighted by Crippen LogP contribution is -2.16. The van der Waals surface area contributed by atoms with Crippen molar-refractivity contribution in [2.75, 3.05) is 6.61 Å². The molecule has 0 rings (SSSR count). The number of hydrazone groups is 1. The molecule has 0 aliphatic rings. The molecule has 0 aromatic rings. The Balaban J connectivity index is 3.89. The summed E-state index contributed by atoms with van der Waals surface area (Å²) >= 11 is 0. The molecule has 0 atom stereocenters. The van der Waals surface area contributed by atoms with E-state index in [9.17, 15) is 4.79 Å². The van der Waals surface area contributed by atoms with Gasteiger partial charge in [0.1, 0.15) is 5.71 Å². The van der Waals surface area contributed by atoms with E-state index in [0.717, 1.165) is 0 Å². The lowest BCUT2D eigenvalue weighted by Gasteiger charge is -1.99. The fourth-order valence-electron chi connectivity index (χ4n) is 0.424. The van der Waals surface area contributed by atoms with Crippen molar-refractivity contribution in [1.29, 1.82) is 0 Å². The van der Waals surface area contributed by atoms with Gasteiger partial charge in [0.25, 0.3) is 0 Å². The predicted octanol–water partition coefficient (Wildman–Crippen LogP) is 0.659. The molecule has 0 bridgehead atoms. The van der Waals surface area contributed by atoms with E-state index in [1.807, 2.05) is 0 Å². The number of hydrogen-bond donors (Lipinski definition) is 1. The fourth-order valence-corrected chi connectivity index (χ4v) is 0.424. The molecule has 62 valence electrons. The van der Waals surface area contributed by atoms with Gasteiger partial charge in [-0.15, -0.1) is 0 Å². The second-order valence-electron chi connectivity index (χ2n) is 1.75. The second kappa shape index (κ2) is 5.46. The minimum Gasteiger partial charge on any atom is -0.461 e. The van der Waals surface area contributed by atoms with Crippen LogP contribution >= 0.6 is 0 Å². The molecule has 0 aromatic heterocycles. The van der Waals surface area contributed by atoms with Crippen molar-refractivity contribution in [1.82, 2.24) is 5.43 Å². The first-order valence-electron chi connectivity index (χ1n) is 3.30. The van der Waals surface area contributed by atoms with E-state index in [-0.39, 0.29) is 5.71 Å². The number of esters is 1. The van der Waals surface area contributed by atoms with E-state index < -0.39 is 5.97 Å². The Morgan fingerprint density at radius 2 is 2.45 bits per heavy atom. The number of nitrogens with one attached hydrogen (secondary N) is 1. The number of nitrogens with zero attached hydrogens (tertiary/aromatic N) is 1. The molecule has 0 heterocycles. The van der Waals surface area contributed by atoms with Crippen LogP contribution in [0.3, 0.4) is 0 Å². The van der Waals surface area contributed by atoms with Gasteiger partial charge in [0.05, 0.1) is 6.61 Å². The normalized spacial score (nSPS) is 10.5. The van der Waals surface area contributed by atoms with Crippen molar-refractivity contribution in [3.63, 3.8) is 0 Å². The minimum absolute atomic E-state index is 0.284. The fraction of sp³-hybridized carbons (Fsp3) is 0.429. The van der Waals surface area contributed by atoms with Crippen LogP contribution in [0.25, 0.3) is 0 Å². The van der Waals surface area contributed by atoms with Gasteiger partial charge in [0.2, 0.25) is 0 Å². The highest BCUT2D eigenvalue weighted by Gasteiger charge is 2.04. The highest BCUT2D eigenvalue weighted by molar-refractivity contribution is 6.35. The highest BCUT2D eigenvalue weighted by Crippen LogP contribution is 1.82. The van der Waals surface area contributed by atoms with Crippen molar-refractivity contribution >= 4 is 11.7 Å². The number of ether oxygens (including phenoxy) is 1. The standard InChI is InChI=1S/C7H12N2O2/c1-4-8-9-6(3)7(10)11-5-2/h4,8H,1,5H2,2-3H3/b9-6+. The van der Waals surface area contributed by atoms with E-state index in [1.165, 1.54) is 6.20 Å². The smallest absolute Gasteiger partial charge is 0.354 e. The molecular weight excluding hydrogens is 144 g/mol. The maximum absolute atomic E-state index is 10.8. The molecule has 0 aliphatic carbocycles. The van der Waals surface area contributed by atoms with Gasteiger partial charge in [-0.05, 0) is 13.8 Å². The first kappa shape index (κ1) is 9.68. The summed E-state index contributed by atoms with van der Waals surface area (Å²) in [5, 5.41) is 3.64. The minimum atomic E-state index is -0.415. The average molecular weight is 156 g/mol. The van der Waals surface area contributed by atoms with Gasteiger partial charge in [0.15, 0.2) is 0 Å². The first-order chi connectivity index (χ1) is 5.22. The Hall–Kier alpha value is -1.32. The molecule has 1 N–H and O–H groups in total. The van der Waals surface area contributed by atoms with Crippen LogP contribution in [-0.2, 0) is 9.53 Å². The lowest BCUT2D eigenvalue weighted by atomic mass is 10.4. The van der Waals surface area contributed by atoms with Gasteiger partial charge in [0, 0.05) is 6.20 Å². The molecule has 11 heavy (non-hydrogen) atoms. The molecule has 0 saturated carbocycles. The van der Waals surface area contributed by atoms with E-state index in [1.54, 1.807) is 13.8 Å². The molecule has 0 unspecified atom stereocenters.